The predicted molar refractivity (Wildman–Crippen MR) is 150 cm³/mol. The van der Waals surface area contributed by atoms with E-state index in [4.69, 9.17) is 23.2 Å². The van der Waals surface area contributed by atoms with Gasteiger partial charge in [-0.2, -0.15) is 10.4 Å². The van der Waals surface area contributed by atoms with Gasteiger partial charge in [-0.05, 0) is 41.8 Å². The molecule has 0 saturated carbocycles. The molecule has 4 aromatic rings. The maximum atomic E-state index is 12.9. The Bertz CT molecular complexity index is 1570. The van der Waals surface area contributed by atoms with Crippen molar-refractivity contribution in [2.24, 2.45) is 11.0 Å². The summed E-state index contributed by atoms with van der Waals surface area (Å²) in [5.41, 5.74) is 6.15. The molecular weight excluding hydrogens is 521 g/mol. The second kappa shape index (κ2) is 12.0. The molecule has 2 N–H and O–H groups in total. The minimum Gasteiger partial charge on any atom is -0.342 e. The van der Waals surface area contributed by atoms with Crippen LogP contribution in [0.5, 0.6) is 0 Å². The van der Waals surface area contributed by atoms with E-state index in [9.17, 15) is 14.9 Å². The van der Waals surface area contributed by atoms with Crippen molar-refractivity contribution in [3.05, 3.63) is 105 Å². The van der Waals surface area contributed by atoms with Gasteiger partial charge in [-0.25, -0.2) is 5.43 Å². The second-order valence-corrected chi connectivity index (χ2v) is 9.87. The van der Waals surface area contributed by atoms with Gasteiger partial charge >= 0.3 is 0 Å². The van der Waals surface area contributed by atoms with Crippen LogP contribution in [-0.4, -0.2) is 28.6 Å². The Morgan fingerprint density at radius 1 is 1.05 bits per heavy atom. The highest BCUT2D eigenvalue weighted by Crippen LogP contribution is 2.23. The fourth-order valence-electron chi connectivity index (χ4n) is 4.09. The fourth-order valence-corrected chi connectivity index (χ4v) is 4.39. The van der Waals surface area contributed by atoms with Gasteiger partial charge in [0.2, 0.25) is 0 Å². The van der Waals surface area contributed by atoms with E-state index in [2.05, 4.69) is 21.9 Å². The first kappa shape index (κ1) is 26.9. The number of carbonyl (C=O) groups is 2. The Morgan fingerprint density at radius 3 is 2.53 bits per heavy atom. The predicted octanol–water partition coefficient (Wildman–Crippen LogP) is 5.77. The molecule has 7 nitrogen and oxygen atoms in total. The smallest absolute Gasteiger partial charge is 0.262 e. The Labute approximate surface area is 230 Å². The molecule has 1 aromatic heterocycles. The molecule has 1 unspecified atom stereocenters. The van der Waals surface area contributed by atoms with Gasteiger partial charge in [-0.3, -0.25) is 9.59 Å². The third-order valence-corrected chi connectivity index (χ3v) is 6.83. The number of hydrazone groups is 1. The van der Waals surface area contributed by atoms with Gasteiger partial charge in [0, 0.05) is 34.8 Å². The zero-order valence-corrected chi connectivity index (χ0v) is 22.3. The number of amides is 2. The number of aromatic nitrogens is 1. The van der Waals surface area contributed by atoms with Gasteiger partial charge < -0.3 is 9.88 Å². The lowest BCUT2D eigenvalue weighted by molar-refractivity contribution is -0.123. The lowest BCUT2D eigenvalue weighted by Crippen LogP contribution is -2.48. The number of fused-ring (bicyclic) bond motifs is 1. The Hall–Kier alpha value is -4.12. The van der Waals surface area contributed by atoms with Crippen molar-refractivity contribution >= 4 is 52.1 Å². The number of rotatable bonds is 8. The number of hydrogen-bond acceptors (Lipinski definition) is 4. The maximum absolute atomic E-state index is 12.9. The molecule has 1 heterocycles. The number of carbonyl (C=O) groups excluding carboxylic acids is 2. The highest BCUT2D eigenvalue weighted by Gasteiger charge is 2.25. The van der Waals surface area contributed by atoms with Crippen LogP contribution in [0.3, 0.4) is 0 Å². The summed E-state index contributed by atoms with van der Waals surface area (Å²) in [5.74, 6) is -1.09. The van der Waals surface area contributed by atoms with Gasteiger partial charge in [0.05, 0.1) is 27.9 Å². The van der Waals surface area contributed by atoms with Crippen LogP contribution in [0.2, 0.25) is 10.0 Å². The Kier molecular flexibility index (Phi) is 8.47. The van der Waals surface area contributed by atoms with E-state index >= 15 is 0 Å². The summed E-state index contributed by atoms with van der Waals surface area (Å²) in [4.78, 5) is 25.6. The largest absolute Gasteiger partial charge is 0.342 e. The third kappa shape index (κ3) is 6.05. The molecule has 3 aromatic carbocycles. The summed E-state index contributed by atoms with van der Waals surface area (Å²) in [6, 6.07) is 21.3. The molecule has 0 aliphatic heterocycles. The number of benzene rings is 3. The van der Waals surface area contributed by atoms with Crippen molar-refractivity contribution < 1.29 is 9.59 Å². The van der Waals surface area contributed by atoms with Crippen LogP contribution in [0.15, 0.2) is 78.0 Å². The molecule has 0 saturated heterocycles. The van der Waals surface area contributed by atoms with Crippen molar-refractivity contribution in [1.29, 1.82) is 5.26 Å². The maximum Gasteiger partial charge on any atom is 0.262 e. The zero-order valence-electron chi connectivity index (χ0n) is 20.8. The lowest BCUT2D eigenvalue weighted by atomic mass is 10.0. The number of halogens is 2. The zero-order chi connectivity index (χ0) is 27.2. The van der Waals surface area contributed by atoms with Gasteiger partial charge in [0.1, 0.15) is 6.04 Å². The molecule has 0 aliphatic rings. The molecule has 0 spiro atoms. The average Bonchev–Trinajstić information content (AvgIpc) is 3.26. The quantitative estimate of drug-likeness (QED) is 0.217. The van der Waals surface area contributed by atoms with Gasteiger partial charge in [-0.1, -0.05) is 73.4 Å². The number of hydrogen-bond donors (Lipinski definition) is 2. The average molecular weight is 546 g/mol. The van der Waals surface area contributed by atoms with Crippen molar-refractivity contribution in [1.82, 2.24) is 15.3 Å². The summed E-state index contributed by atoms with van der Waals surface area (Å²) in [6.45, 7) is 4.17. The summed E-state index contributed by atoms with van der Waals surface area (Å²) in [7, 11) is 0. The highest BCUT2D eigenvalue weighted by atomic mass is 35.5. The summed E-state index contributed by atoms with van der Waals surface area (Å²) >= 11 is 12.0. The SMILES string of the molecule is CC(C)C(NC(=O)c1ccc(Cl)c(Cl)c1)C(=O)N/N=C\c1cn(Cc2ccccc2C#N)c2ccccc12. The van der Waals surface area contributed by atoms with E-state index in [0.717, 1.165) is 22.0 Å². The summed E-state index contributed by atoms with van der Waals surface area (Å²) in [6.07, 6.45) is 3.51. The Balaban J connectivity index is 1.50. The van der Waals surface area contributed by atoms with Crippen molar-refractivity contribution in [2.45, 2.75) is 26.4 Å². The van der Waals surface area contributed by atoms with E-state index < -0.39 is 17.9 Å². The first-order valence-electron chi connectivity index (χ1n) is 11.9. The third-order valence-electron chi connectivity index (χ3n) is 6.09. The molecule has 0 aliphatic carbocycles. The molecule has 192 valence electrons. The van der Waals surface area contributed by atoms with E-state index in [1.165, 1.54) is 12.1 Å². The molecule has 0 fully saturated rings. The van der Waals surface area contributed by atoms with Crippen LogP contribution in [0.4, 0.5) is 0 Å². The molecule has 1 atom stereocenters. The standard InChI is InChI=1S/C29H25Cl2N5O2/c1-18(2)27(34-28(37)19-11-12-24(30)25(31)13-19)29(38)35-33-15-22-17-36(26-10-6-5-9-23(22)26)16-21-8-4-3-7-20(21)14-32/h3-13,15,17-18,27H,16H2,1-2H3,(H,34,37)(H,35,38)/b33-15-. The summed E-state index contributed by atoms with van der Waals surface area (Å²) in [5, 5.41) is 17.9. The van der Waals surface area contributed by atoms with E-state index in [1.54, 1.807) is 18.3 Å². The fraction of sp³-hybridized carbons (Fsp3) is 0.172. The highest BCUT2D eigenvalue weighted by molar-refractivity contribution is 6.42. The Morgan fingerprint density at radius 2 is 1.79 bits per heavy atom. The normalized spacial score (nSPS) is 12.0. The minimum atomic E-state index is -0.821. The molecule has 38 heavy (non-hydrogen) atoms. The van der Waals surface area contributed by atoms with Crippen LogP contribution in [0.1, 0.15) is 40.9 Å². The molecular formula is C29H25Cl2N5O2. The monoisotopic (exact) mass is 545 g/mol. The van der Waals surface area contributed by atoms with Gasteiger partial charge in [-0.15, -0.1) is 0 Å². The topological polar surface area (TPSA) is 99.3 Å². The second-order valence-electron chi connectivity index (χ2n) is 9.06. The van der Waals surface area contributed by atoms with Crippen LogP contribution in [0.25, 0.3) is 10.9 Å². The first-order chi connectivity index (χ1) is 18.3. The molecule has 0 bridgehead atoms. The van der Waals surface area contributed by atoms with Crippen LogP contribution < -0.4 is 10.7 Å². The van der Waals surface area contributed by atoms with Gasteiger partial charge in [0.25, 0.3) is 11.8 Å². The van der Waals surface area contributed by atoms with Crippen molar-refractivity contribution in [2.75, 3.05) is 0 Å². The molecule has 4 rings (SSSR count). The van der Waals surface area contributed by atoms with Crippen molar-refractivity contribution in [3.63, 3.8) is 0 Å². The number of nitrogens with one attached hydrogen (secondary N) is 2. The number of para-hydroxylation sites is 1. The van der Waals surface area contributed by atoms with Gasteiger partial charge in [0.15, 0.2) is 0 Å². The van der Waals surface area contributed by atoms with E-state index in [0.29, 0.717) is 22.7 Å². The van der Waals surface area contributed by atoms with Crippen LogP contribution >= 0.6 is 23.2 Å². The van der Waals surface area contributed by atoms with Crippen LogP contribution in [0, 0.1) is 17.2 Å². The first-order valence-corrected chi connectivity index (χ1v) is 12.7. The molecule has 0 radical (unpaired) electrons. The van der Waals surface area contributed by atoms with E-state index in [1.807, 2.05) is 67.1 Å². The van der Waals surface area contributed by atoms with Crippen LogP contribution in [-0.2, 0) is 11.3 Å². The number of nitriles is 1. The van der Waals surface area contributed by atoms with E-state index in [-0.39, 0.29) is 10.9 Å². The summed E-state index contributed by atoms with van der Waals surface area (Å²) < 4.78 is 2.04. The molecule has 9 heteroatoms. The molecule has 2 amide bonds. The number of nitrogens with zero attached hydrogens (tertiary/aromatic N) is 3. The lowest BCUT2D eigenvalue weighted by Gasteiger charge is -2.20. The van der Waals surface area contributed by atoms with Crippen molar-refractivity contribution in [3.8, 4) is 6.07 Å². The minimum absolute atomic E-state index is 0.195.